The van der Waals surface area contributed by atoms with Crippen LogP contribution in [0, 0.1) is 5.41 Å². The first-order valence-corrected chi connectivity index (χ1v) is 3.57. The first-order valence-electron chi connectivity index (χ1n) is 3.57. The molecule has 1 aliphatic carbocycles. The Balaban J connectivity index is 2.85. The Labute approximate surface area is 69.3 Å². The van der Waals surface area contributed by atoms with Crippen molar-refractivity contribution in [3.8, 4) is 0 Å². The van der Waals surface area contributed by atoms with E-state index >= 15 is 0 Å². The van der Waals surface area contributed by atoms with Crippen LogP contribution < -0.4 is 0 Å². The van der Waals surface area contributed by atoms with E-state index in [4.69, 9.17) is 15.3 Å². The summed E-state index contributed by atoms with van der Waals surface area (Å²) in [6, 6.07) is 0. The summed E-state index contributed by atoms with van der Waals surface area (Å²) in [7, 11) is 0. The molecule has 0 radical (unpaired) electrons. The van der Waals surface area contributed by atoms with Gasteiger partial charge in [-0.3, -0.25) is 0 Å². The number of aliphatic hydroxyl groups excluding tert-OH is 2. The van der Waals surface area contributed by atoms with E-state index in [0.29, 0.717) is 0 Å². The minimum absolute atomic E-state index is 0.954. The summed E-state index contributed by atoms with van der Waals surface area (Å²) in [6.07, 6.45) is -3.11. The third-order valence-corrected chi connectivity index (χ3v) is 2.70. The molecule has 1 saturated carbocycles. The Hall–Kier alpha value is -0.650. The standard InChI is InChI=1S/C7H12O5/c1-6(2)5(11)7(6,12)3(8)4(9)10/h3,5,8,11-12H,1-2H3,(H,9,10)/t3-,5?,7+/m0/s1. The highest BCUT2D eigenvalue weighted by Gasteiger charge is 2.75. The quantitative estimate of drug-likeness (QED) is 0.413. The van der Waals surface area contributed by atoms with Crippen LogP contribution in [-0.2, 0) is 4.79 Å². The summed E-state index contributed by atoms with van der Waals surface area (Å²) in [5.74, 6) is -1.53. The molecule has 0 aromatic rings. The molecule has 5 nitrogen and oxygen atoms in total. The van der Waals surface area contributed by atoms with Crippen molar-refractivity contribution in [3.05, 3.63) is 0 Å². The van der Waals surface area contributed by atoms with Crippen LogP contribution in [0.1, 0.15) is 13.8 Å². The molecule has 1 rings (SSSR count). The molecule has 0 bridgehead atoms. The molecule has 3 atom stereocenters. The van der Waals surface area contributed by atoms with Crippen molar-refractivity contribution in [2.75, 3.05) is 0 Å². The van der Waals surface area contributed by atoms with Crippen molar-refractivity contribution < 1.29 is 25.2 Å². The zero-order valence-corrected chi connectivity index (χ0v) is 6.85. The molecule has 1 unspecified atom stereocenters. The van der Waals surface area contributed by atoms with E-state index < -0.39 is 29.2 Å². The predicted octanol–water partition coefficient (Wildman–Crippen LogP) is -1.44. The van der Waals surface area contributed by atoms with Gasteiger partial charge in [0.2, 0.25) is 0 Å². The van der Waals surface area contributed by atoms with Crippen molar-refractivity contribution in [1.82, 2.24) is 0 Å². The molecular weight excluding hydrogens is 164 g/mol. The summed E-state index contributed by atoms with van der Waals surface area (Å²) in [5.41, 5.74) is -2.86. The number of aliphatic carboxylic acids is 1. The van der Waals surface area contributed by atoms with Gasteiger partial charge in [-0.2, -0.15) is 0 Å². The van der Waals surface area contributed by atoms with Crippen molar-refractivity contribution in [2.24, 2.45) is 5.41 Å². The lowest BCUT2D eigenvalue weighted by Gasteiger charge is -2.15. The van der Waals surface area contributed by atoms with E-state index in [1.165, 1.54) is 13.8 Å². The van der Waals surface area contributed by atoms with Crippen LogP contribution in [-0.4, -0.2) is 44.2 Å². The Morgan fingerprint density at radius 1 is 1.50 bits per heavy atom. The number of hydrogen-bond acceptors (Lipinski definition) is 4. The maximum atomic E-state index is 10.3. The minimum Gasteiger partial charge on any atom is -0.479 e. The summed E-state index contributed by atoms with van der Waals surface area (Å²) in [6.45, 7) is 2.98. The largest absolute Gasteiger partial charge is 0.479 e. The molecule has 12 heavy (non-hydrogen) atoms. The lowest BCUT2D eigenvalue weighted by atomic mass is 10.0. The van der Waals surface area contributed by atoms with Crippen LogP contribution in [0.15, 0.2) is 0 Å². The Morgan fingerprint density at radius 2 is 1.83 bits per heavy atom. The van der Waals surface area contributed by atoms with Gasteiger partial charge in [0.1, 0.15) is 5.60 Å². The highest BCUT2D eigenvalue weighted by atomic mass is 16.4. The van der Waals surface area contributed by atoms with Crippen LogP contribution in [0.5, 0.6) is 0 Å². The number of hydrogen-bond donors (Lipinski definition) is 4. The zero-order chi connectivity index (χ0) is 9.73. The van der Waals surface area contributed by atoms with Crippen LogP contribution in [0.25, 0.3) is 0 Å². The van der Waals surface area contributed by atoms with Gasteiger partial charge < -0.3 is 20.4 Å². The SMILES string of the molecule is CC1(C)C(O)[C@]1(O)[C@@H](O)C(=O)O. The van der Waals surface area contributed by atoms with Crippen LogP contribution in [0.3, 0.4) is 0 Å². The summed E-state index contributed by atoms with van der Waals surface area (Å²) < 4.78 is 0. The molecule has 1 aliphatic rings. The fraction of sp³-hybridized carbons (Fsp3) is 0.857. The molecule has 0 aromatic carbocycles. The van der Waals surface area contributed by atoms with Gasteiger partial charge in [-0.15, -0.1) is 0 Å². The van der Waals surface area contributed by atoms with Gasteiger partial charge in [-0.05, 0) is 0 Å². The number of carboxylic acid groups (broad SMARTS) is 1. The second-order valence-corrected chi connectivity index (χ2v) is 3.69. The molecule has 4 N–H and O–H groups in total. The number of carboxylic acids is 1. The molecule has 70 valence electrons. The Morgan fingerprint density at radius 3 is 1.92 bits per heavy atom. The maximum Gasteiger partial charge on any atom is 0.335 e. The van der Waals surface area contributed by atoms with E-state index in [-0.39, 0.29) is 0 Å². The fourth-order valence-corrected chi connectivity index (χ4v) is 1.44. The number of rotatable bonds is 2. The average Bonchev–Trinajstić information content (AvgIpc) is 2.34. The van der Waals surface area contributed by atoms with Gasteiger partial charge in [-0.25, -0.2) is 4.79 Å². The average molecular weight is 176 g/mol. The Kier molecular flexibility index (Phi) is 1.72. The summed E-state index contributed by atoms with van der Waals surface area (Å²) in [5, 5.41) is 36.1. The number of aliphatic hydroxyl groups is 3. The monoisotopic (exact) mass is 176 g/mol. The van der Waals surface area contributed by atoms with Crippen molar-refractivity contribution in [2.45, 2.75) is 31.7 Å². The van der Waals surface area contributed by atoms with E-state index in [1.807, 2.05) is 0 Å². The molecule has 1 fully saturated rings. The van der Waals surface area contributed by atoms with Gasteiger partial charge in [0.25, 0.3) is 0 Å². The maximum absolute atomic E-state index is 10.3. The molecule has 0 aliphatic heterocycles. The van der Waals surface area contributed by atoms with Crippen molar-refractivity contribution >= 4 is 5.97 Å². The van der Waals surface area contributed by atoms with Crippen LogP contribution in [0.4, 0.5) is 0 Å². The van der Waals surface area contributed by atoms with Gasteiger partial charge in [-0.1, -0.05) is 13.8 Å². The fourth-order valence-electron chi connectivity index (χ4n) is 1.44. The van der Waals surface area contributed by atoms with Crippen molar-refractivity contribution in [3.63, 3.8) is 0 Å². The molecule has 0 heterocycles. The third kappa shape index (κ3) is 0.811. The second-order valence-electron chi connectivity index (χ2n) is 3.69. The minimum atomic E-state index is -1.93. The molecule has 5 heteroatoms. The van der Waals surface area contributed by atoms with Crippen LogP contribution >= 0.6 is 0 Å². The first kappa shape index (κ1) is 9.44. The highest BCUT2D eigenvalue weighted by Crippen LogP contribution is 2.57. The Bertz CT molecular complexity index is 224. The normalized spacial score (nSPS) is 40.6. The smallest absolute Gasteiger partial charge is 0.335 e. The van der Waals surface area contributed by atoms with Gasteiger partial charge in [0.15, 0.2) is 6.10 Å². The first-order chi connectivity index (χ1) is 5.26. The van der Waals surface area contributed by atoms with E-state index in [0.717, 1.165) is 0 Å². The lowest BCUT2D eigenvalue weighted by Crippen LogP contribution is -2.40. The van der Waals surface area contributed by atoms with Gasteiger partial charge in [0.05, 0.1) is 6.10 Å². The van der Waals surface area contributed by atoms with Gasteiger partial charge >= 0.3 is 5.97 Å². The third-order valence-electron chi connectivity index (χ3n) is 2.70. The molecule has 0 amide bonds. The van der Waals surface area contributed by atoms with Gasteiger partial charge in [0, 0.05) is 5.41 Å². The molecule has 0 spiro atoms. The van der Waals surface area contributed by atoms with Crippen molar-refractivity contribution in [1.29, 1.82) is 0 Å². The van der Waals surface area contributed by atoms with E-state index in [2.05, 4.69) is 0 Å². The topological polar surface area (TPSA) is 98.0 Å². The predicted molar refractivity (Wildman–Crippen MR) is 38.4 cm³/mol. The second kappa shape index (κ2) is 2.18. The lowest BCUT2D eigenvalue weighted by molar-refractivity contribution is -0.158. The molecular formula is C7H12O5. The van der Waals surface area contributed by atoms with E-state index in [1.54, 1.807) is 0 Å². The molecule has 0 saturated heterocycles. The zero-order valence-electron chi connectivity index (χ0n) is 6.85. The van der Waals surface area contributed by atoms with Crippen LogP contribution in [0.2, 0.25) is 0 Å². The highest BCUT2D eigenvalue weighted by molar-refractivity contribution is 5.75. The molecule has 0 aromatic heterocycles. The summed E-state index contributed by atoms with van der Waals surface area (Å²) in [4.78, 5) is 10.3. The summed E-state index contributed by atoms with van der Waals surface area (Å²) >= 11 is 0. The number of carbonyl (C=O) groups is 1. The van der Waals surface area contributed by atoms with E-state index in [9.17, 15) is 9.90 Å².